The molecule has 2 aromatic rings. The third-order valence-corrected chi connectivity index (χ3v) is 18.8. The summed E-state index contributed by atoms with van der Waals surface area (Å²) in [6, 6.07) is 17.4. The van der Waals surface area contributed by atoms with E-state index in [2.05, 4.69) is 79.8 Å². The average molecular weight is 477 g/mol. The van der Waals surface area contributed by atoms with Gasteiger partial charge in [0.1, 0.15) is 0 Å². The molecule has 0 heterocycles. The Morgan fingerprint density at radius 2 is 1.41 bits per heavy atom. The number of fused-ring (bicyclic) bond motifs is 2. The Hall–Kier alpha value is -0.617. The number of hydrogen-bond donors (Lipinski definition) is 0. The van der Waals surface area contributed by atoms with Crippen LogP contribution in [0.2, 0.25) is 7.75 Å². The molecule has 0 radical (unpaired) electrons. The second-order valence-electron chi connectivity index (χ2n) is 7.84. The molecule has 3 unspecified atom stereocenters. The first-order valence-corrected chi connectivity index (χ1v) is 19.5. The van der Waals surface area contributed by atoms with Crippen LogP contribution in [-0.2, 0) is 17.9 Å². The summed E-state index contributed by atoms with van der Waals surface area (Å²) in [4.78, 5) is 0. The van der Waals surface area contributed by atoms with Crippen molar-refractivity contribution in [3.05, 3.63) is 82.9 Å². The van der Waals surface area contributed by atoms with Crippen molar-refractivity contribution in [1.29, 1.82) is 0 Å². The van der Waals surface area contributed by atoms with Crippen LogP contribution >= 0.6 is 17.0 Å². The molecule has 2 aliphatic carbocycles. The van der Waals surface area contributed by atoms with Gasteiger partial charge in [0, 0.05) is 0 Å². The van der Waals surface area contributed by atoms with Crippen LogP contribution in [0.3, 0.4) is 0 Å². The molecule has 4 rings (SSSR count). The van der Waals surface area contributed by atoms with Gasteiger partial charge in [0.05, 0.1) is 0 Å². The Balaban J connectivity index is 1.42. The molecular formula is C24H26Cl2Zr. The maximum atomic E-state index is 7.16. The van der Waals surface area contributed by atoms with Gasteiger partial charge < -0.3 is 0 Å². The van der Waals surface area contributed by atoms with Gasteiger partial charge in [0.25, 0.3) is 0 Å². The van der Waals surface area contributed by atoms with E-state index in [1.165, 1.54) is 22.3 Å². The van der Waals surface area contributed by atoms with Crippen molar-refractivity contribution in [2.75, 3.05) is 0 Å². The number of allylic oxidation sites excluding steroid dienone is 2. The molecule has 2 aliphatic rings. The van der Waals surface area contributed by atoms with Gasteiger partial charge in [-0.1, -0.05) is 0 Å². The average Bonchev–Trinajstić information content (AvgIpc) is 3.26. The van der Waals surface area contributed by atoms with Crippen molar-refractivity contribution in [3.8, 4) is 0 Å². The van der Waals surface area contributed by atoms with E-state index in [0.29, 0.717) is 15.5 Å². The Morgan fingerprint density at radius 3 is 2.04 bits per heavy atom. The summed E-state index contributed by atoms with van der Waals surface area (Å²) >= 11 is -3.21. The molecule has 0 N–H and O–H groups in total. The molecule has 0 aliphatic heterocycles. The number of halogens is 2. The summed E-state index contributed by atoms with van der Waals surface area (Å²) in [5.74, 6) is 0.936. The first-order valence-electron chi connectivity index (χ1n) is 10.0. The van der Waals surface area contributed by atoms with Crippen molar-refractivity contribution in [2.45, 2.75) is 45.8 Å². The van der Waals surface area contributed by atoms with Crippen molar-refractivity contribution in [2.24, 2.45) is 0 Å². The van der Waals surface area contributed by atoms with Crippen LogP contribution in [0.25, 0.3) is 12.2 Å². The predicted octanol–water partition coefficient (Wildman–Crippen LogP) is 8.47. The zero-order valence-electron chi connectivity index (χ0n) is 15.7. The third-order valence-electron chi connectivity index (χ3n) is 6.22. The van der Waals surface area contributed by atoms with Crippen LogP contribution < -0.4 is 0 Å². The predicted molar refractivity (Wildman–Crippen MR) is 116 cm³/mol. The molecule has 0 amide bonds. The van der Waals surface area contributed by atoms with E-state index in [1.54, 1.807) is 0 Å². The van der Waals surface area contributed by atoms with Crippen molar-refractivity contribution in [1.82, 2.24) is 0 Å². The third kappa shape index (κ3) is 4.21. The van der Waals surface area contributed by atoms with Gasteiger partial charge in [-0.3, -0.25) is 0 Å². The normalized spacial score (nSPS) is 21.3. The molecule has 0 saturated carbocycles. The molecule has 0 spiro atoms. The molecule has 0 nitrogen and oxygen atoms in total. The summed E-state index contributed by atoms with van der Waals surface area (Å²) in [5.41, 5.74) is 5.57. The van der Waals surface area contributed by atoms with E-state index >= 15 is 0 Å². The fraction of sp³-hybridized carbons (Fsp3) is 0.333. The van der Waals surface area contributed by atoms with Gasteiger partial charge in [-0.05, 0) is 0 Å². The minimum atomic E-state index is -3.21. The first kappa shape index (κ1) is 19.7. The molecule has 0 saturated heterocycles. The van der Waals surface area contributed by atoms with Crippen LogP contribution in [0.15, 0.2) is 60.7 Å². The van der Waals surface area contributed by atoms with E-state index in [4.69, 9.17) is 17.0 Å². The topological polar surface area (TPSA) is 0 Å². The van der Waals surface area contributed by atoms with E-state index in [-0.39, 0.29) is 0 Å². The Morgan fingerprint density at radius 1 is 0.852 bits per heavy atom. The van der Waals surface area contributed by atoms with Crippen LogP contribution in [0.5, 0.6) is 0 Å². The van der Waals surface area contributed by atoms with Gasteiger partial charge in [-0.2, -0.15) is 0 Å². The number of hydrogen-bond acceptors (Lipinski definition) is 0. The number of benzene rings is 2. The zero-order chi connectivity index (χ0) is 18.9. The van der Waals surface area contributed by atoms with Crippen molar-refractivity contribution < 1.29 is 17.9 Å². The molecule has 0 aromatic heterocycles. The second-order valence-corrected chi connectivity index (χ2v) is 23.7. The Bertz CT molecular complexity index is 868. The fourth-order valence-corrected chi connectivity index (χ4v) is 15.8. The van der Waals surface area contributed by atoms with Gasteiger partial charge in [-0.15, -0.1) is 0 Å². The van der Waals surface area contributed by atoms with Crippen molar-refractivity contribution >= 4 is 29.2 Å². The summed E-state index contributed by atoms with van der Waals surface area (Å²) in [7, 11) is 14.3. The summed E-state index contributed by atoms with van der Waals surface area (Å²) in [6.45, 7) is 2.26. The molecule has 0 fully saturated rings. The maximum absolute atomic E-state index is 7.16. The van der Waals surface area contributed by atoms with Gasteiger partial charge in [0.15, 0.2) is 0 Å². The quantitative estimate of drug-likeness (QED) is 0.376. The van der Waals surface area contributed by atoms with E-state index < -0.39 is 17.9 Å². The summed E-state index contributed by atoms with van der Waals surface area (Å²) in [5, 5.41) is 0. The molecule has 140 valence electrons. The van der Waals surface area contributed by atoms with Gasteiger partial charge in [0.2, 0.25) is 0 Å². The molecule has 3 heteroatoms. The molecule has 2 aromatic carbocycles. The van der Waals surface area contributed by atoms with Crippen molar-refractivity contribution in [3.63, 3.8) is 0 Å². The van der Waals surface area contributed by atoms with E-state index in [9.17, 15) is 0 Å². The first-order chi connectivity index (χ1) is 13.1. The van der Waals surface area contributed by atoms with E-state index in [1.807, 2.05) is 0 Å². The molecule has 0 bridgehead atoms. The Kier molecular flexibility index (Phi) is 6.13. The SMILES string of the molecule is CC[CH](CCC1C=Cc2ccccc21)[Zr]([Cl])([Cl])[CH2]C1C=Cc2ccccc21. The van der Waals surface area contributed by atoms with Gasteiger partial charge >= 0.3 is 176 Å². The van der Waals surface area contributed by atoms with Gasteiger partial charge in [-0.25, -0.2) is 0 Å². The van der Waals surface area contributed by atoms with Crippen LogP contribution in [0.1, 0.15) is 60.3 Å². The molecule has 27 heavy (non-hydrogen) atoms. The number of rotatable bonds is 7. The Labute approximate surface area is 174 Å². The van der Waals surface area contributed by atoms with Crippen LogP contribution in [0.4, 0.5) is 0 Å². The molecule has 3 atom stereocenters. The minimum absolute atomic E-state index is 0.410. The monoisotopic (exact) mass is 474 g/mol. The molecular weight excluding hydrogens is 450 g/mol. The summed E-state index contributed by atoms with van der Waals surface area (Å²) < 4.78 is 1.49. The van der Waals surface area contributed by atoms with Crippen LogP contribution in [-0.4, -0.2) is 0 Å². The van der Waals surface area contributed by atoms with E-state index in [0.717, 1.165) is 23.4 Å². The second kappa shape index (κ2) is 8.40. The summed E-state index contributed by atoms with van der Waals surface area (Å²) in [6.07, 6.45) is 12.5. The fourth-order valence-electron chi connectivity index (χ4n) is 4.63. The standard InChI is InChI=1S/C14H17.C10H9.2ClH.Zr/c1-2-3-4-7-12-10-11-13-8-5-6-9-14(12)13;1-8-6-7-9-4-2-3-5-10(8)9;;;/h3,5-6,8-12H,2,4,7H2,1H3;2-8H,1H2;2*1H;/q;;;;+2/p-2. The van der Waals surface area contributed by atoms with Crippen LogP contribution in [0, 0.1) is 0 Å². The zero-order valence-corrected chi connectivity index (χ0v) is 19.7.